The predicted octanol–water partition coefficient (Wildman–Crippen LogP) is 6.88. The Balaban J connectivity index is 1.19. The molecule has 1 N–H and O–H groups in total. The molecule has 1 heterocycles. The fraction of sp³-hybridized carbons (Fsp3) is 0.156. The summed E-state index contributed by atoms with van der Waals surface area (Å²) in [6.45, 7) is 0.544. The highest BCUT2D eigenvalue weighted by Crippen LogP contribution is 2.28. The molecule has 7 heteroatoms. The fourth-order valence-corrected chi connectivity index (χ4v) is 5.01. The highest BCUT2D eigenvalue weighted by atomic mass is 32.1. The molecule has 0 aliphatic carbocycles. The summed E-state index contributed by atoms with van der Waals surface area (Å²) in [4.78, 5) is 17.5. The van der Waals surface area contributed by atoms with Crippen molar-refractivity contribution in [2.75, 3.05) is 13.7 Å². The number of aromatic nitrogens is 2. The van der Waals surface area contributed by atoms with Gasteiger partial charge in [0.25, 0.3) is 11.1 Å². The van der Waals surface area contributed by atoms with Gasteiger partial charge < -0.3 is 14.8 Å². The van der Waals surface area contributed by atoms with Crippen LogP contribution in [0.1, 0.15) is 45.2 Å². The number of nitrogens with zero attached hydrogens (tertiary/aromatic N) is 2. The monoisotopic (exact) mass is 535 g/mol. The van der Waals surface area contributed by atoms with Crippen LogP contribution in [0.3, 0.4) is 0 Å². The Hall–Kier alpha value is -4.49. The number of rotatable bonds is 11. The maximum Gasteiger partial charge on any atom is 0.298 e. The van der Waals surface area contributed by atoms with Gasteiger partial charge in [0, 0.05) is 36.0 Å². The first-order chi connectivity index (χ1) is 19.2. The van der Waals surface area contributed by atoms with Crippen LogP contribution in [-0.2, 0) is 6.42 Å². The number of hydrogen-bond donors (Lipinski definition) is 1. The Morgan fingerprint density at radius 1 is 0.846 bits per heavy atom. The molecule has 0 saturated carbocycles. The van der Waals surface area contributed by atoms with E-state index in [1.807, 2.05) is 36.4 Å². The zero-order valence-electron chi connectivity index (χ0n) is 21.6. The molecule has 0 bridgehead atoms. The molecule has 196 valence electrons. The number of carbonyl (C=O) groups is 1. The molecule has 6 nitrogen and oxygen atoms in total. The lowest BCUT2D eigenvalue weighted by atomic mass is 9.88. The van der Waals surface area contributed by atoms with Crippen LogP contribution in [0.5, 0.6) is 16.7 Å². The summed E-state index contributed by atoms with van der Waals surface area (Å²) in [6, 6.07) is 35.7. The number of amides is 1. The van der Waals surface area contributed by atoms with E-state index in [1.54, 1.807) is 31.4 Å². The van der Waals surface area contributed by atoms with Gasteiger partial charge in [-0.2, -0.15) is 9.36 Å². The Morgan fingerprint density at radius 2 is 1.54 bits per heavy atom. The van der Waals surface area contributed by atoms with Gasteiger partial charge in [-0.3, -0.25) is 4.79 Å². The van der Waals surface area contributed by atoms with Crippen molar-refractivity contribution in [2.45, 2.75) is 18.8 Å². The minimum absolute atomic E-state index is 0.142. The molecule has 0 aliphatic rings. The molecule has 1 aromatic heterocycles. The highest BCUT2D eigenvalue weighted by molar-refractivity contribution is 7.07. The third-order valence-electron chi connectivity index (χ3n) is 6.37. The van der Waals surface area contributed by atoms with E-state index in [-0.39, 0.29) is 11.8 Å². The Kier molecular flexibility index (Phi) is 8.61. The van der Waals surface area contributed by atoms with Crippen molar-refractivity contribution in [3.63, 3.8) is 0 Å². The lowest BCUT2D eigenvalue weighted by Crippen LogP contribution is -2.25. The maximum absolute atomic E-state index is 13.0. The molecule has 0 spiro atoms. The molecule has 0 saturated heterocycles. The predicted molar refractivity (Wildman–Crippen MR) is 154 cm³/mol. The molecular formula is C32H29N3O3S. The lowest BCUT2D eigenvalue weighted by molar-refractivity contribution is 0.0952. The first-order valence-electron chi connectivity index (χ1n) is 12.8. The molecule has 5 aromatic rings. The second-order valence-electron chi connectivity index (χ2n) is 9.05. The summed E-state index contributed by atoms with van der Waals surface area (Å²) < 4.78 is 15.6. The van der Waals surface area contributed by atoms with Crippen LogP contribution in [0.2, 0.25) is 0 Å². The average molecular weight is 536 g/mol. The van der Waals surface area contributed by atoms with Gasteiger partial charge in [0.2, 0.25) is 0 Å². The van der Waals surface area contributed by atoms with E-state index in [0.717, 1.165) is 17.7 Å². The first-order valence-corrected chi connectivity index (χ1v) is 13.6. The van der Waals surface area contributed by atoms with Crippen molar-refractivity contribution in [1.29, 1.82) is 0 Å². The van der Waals surface area contributed by atoms with Crippen LogP contribution in [0.4, 0.5) is 0 Å². The van der Waals surface area contributed by atoms with Gasteiger partial charge in [0.15, 0.2) is 5.82 Å². The molecular weight excluding hydrogens is 506 g/mol. The van der Waals surface area contributed by atoms with Crippen molar-refractivity contribution in [2.24, 2.45) is 0 Å². The number of ether oxygens (including phenoxy) is 2. The number of carbonyl (C=O) groups excluding carboxylic acids is 1. The Labute approximate surface area is 232 Å². The van der Waals surface area contributed by atoms with Gasteiger partial charge in [-0.05, 0) is 53.4 Å². The minimum Gasteiger partial charge on any atom is -0.497 e. The zero-order chi connectivity index (χ0) is 26.9. The summed E-state index contributed by atoms with van der Waals surface area (Å²) in [5.74, 6) is 2.06. The van der Waals surface area contributed by atoms with Crippen molar-refractivity contribution < 1.29 is 14.3 Å². The Bertz CT molecular complexity index is 1470. The molecule has 0 atom stereocenters. The van der Waals surface area contributed by atoms with Crippen LogP contribution in [0, 0.1) is 0 Å². The topological polar surface area (TPSA) is 73.3 Å². The normalized spacial score (nSPS) is 10.8. The molecule has 4 aromatic carbocycles. The highest BCUT2D eigenvalue weighted by Gasteiger charge is 2.15. The van der Waals surface area contributed by atoms with E-state index >= 15 is 0 Å². The number of nitrogens with one attached hydrogen (secondary N) is 1. The number of hydrogen-bond acceptors (Lipinski definition) is 6. The van der Waals surface area contributed by atoms with Crippen LogP contribution in [-0.4, -0.2) is 28.9 Å². The van der Waals surface area contributed by atoms with Gasteiger partial charge in [-0.25, -0.2) is 0 Å². The lowest BCUT2D eigenvalue weighted by Gasteiger charge is -2.18. The largest absolute Gasteiger partial charge is 0.497 e. The van der Waals surface area contributed by atoms with E-state index in [1.165, 1.54) is 22.7 Å². The zero-order valence-corrected chi connectivity index (χ0v) is 22.4. The number of benzene rings is 4. The summed E-state index contributed by atoms with van der Waals surface area (Å²) in [5.41, 5.74) is 4.05. The molecule has 0 aliphatic heterocycles. The third kappa shape index (κ3) is 7.09. The molecule has 1 amide bonds. The molecule has 39 heavy (non-hydrogen) atoms. The van der Waals surface area contributed by atoms with E-state index in [2.05, 4.69) is 63.2 Å². The summed E-state index contributed by atoms with van der Waals surface area (Å²) >= 11 is 1.19. The van der Waals surface area contributed by atoms with Gasteiger partial charge in [0.05, 0.1) is 7.11 Å². The second-order valence-corrected chi connectivity index (χ2v) is 9.77. The van der Waals surface area contributed by atoms with Crippen LogP contribution < -0.4 is 14.8 Å². The molecule has 5 rings (SSSR count). The first kappa shape index (κ1) is 26.1. The van der Waals surface area contributed by atoms with Gasteiger partial charge in [-0.15, -0.1) is 0 Å². The van der Waals surface area contributed by atoms with Crippen LogP contribution in [0.25, 0.3) is 0 Å². The average Bonchev–Trinajstić information content (AvgIpc) is 3.42. The molecule has 0 fully saturated rings. The second kappa shape index (κ2) is 12.8. The smallest absolute Gasteiger partial charge is 0.298 e. The van der Waals surface area contributed by atoms with Crippen molar-refractivity contribution in [3.8, 4) is 16.7 Å². The van der Waals surface area contributed by atoms with Crippen molar-refractivity contribution >= 4 is 17.4 Å². The molecule has 0 unspecified atom stereocenters. The number of methoxy groups -OCH3 is 1. The third-order valence-corrected chi connectivity index (χ3v) is 7.00. The van der Waals surface area contributed by atoms with Gasteiger partial charge in [0.1, 0.15) is 11.5 Å². The molecule has 0 radical (unpaired) electrons. The quantitative estimate of drug-likeness (QED) is 0.200. The standard InChI is InChI=1S/C32H29N3O3S/c1-37-27-16-8-10-23(20-27)21-30-34-32(39-35-30)38-28-17-9-15-26(22-28)31(36)33-19-18-29(24-11-4-2-5-12-24)25-13-6-3-7-14-25/h2-17,20,22,29H,18-19,21H2,1H3,(H,33,36). The summed E-state index contributed by atoms with van der Waals surface area (Å²) in [5, 5.41) is 3.50. The maximum atomic E-state index is 13.0. The summed E-state index contributed by atoms with van der Waals surface area (Å²) in [6.07, 6.45) is 1.36. The van der Waals surface area contributed by atoms with Gasteiger partial charge >= 0.3 is 0 Å². The van der Waals surface area contributed by atoms with E-state index in [0.29, 0.717) is 35.3 Å². The Morgan fingerprint density at radius 3 is 2.26 bits per heavy atom. The van der Waals surface area contributed by atoms with E-state index in [9.17, 15) is 4.79 Å². The van der Waals surface area contributed by atoms with E-state index in [4.69, 9.17) is 9.47 Å². The minimum atomic E-state index is -0.142. The van der Waals surface area contributed by atoms with Crippen LogP contribution >= 0.6 is 11.5 Å². The van der Waals surface area contributed by atoms with E-state index < -0.39 is 0 Å². The van der Waals surface area contributed by atoms with Crippen molar-refractivity contribution in [3.05, 3.63) is 137 Å². The van der Waals surface area contributed by atoms with Gasteiger partial charge in [-0.1, -0.05) is 78.9 Å². The summed E-state index contributed by atoms with van der Waals surface area (Å²) in [7, 11) is 1.65. The SMILES string of the molecule is COc1cccc(Cc2nsc(Oc3cccc(C(=O)NCCC(c4ccccc4)c4ccccc4)c3)n2)c1. The van der Waals surface area contributed by atoms with Crippen molar-refractivity contribution in [1.82, 2.24) is 14.7 Å². The van der Waals surface area contributed by atoms with Crippen LogP contribution in [0.15, 0.2) is 109 Å². The fourth-order valence-electron chi connectivity index (χ4n) is 4.45.